The molecule has 102 valence electrons. The zero-order chi connectivity index (χ0) is 14.5. The van der Waals surface area contributed by atoms with Crippen molar-refractivity contribution in [1.82, 2.24) is 0 Å². The number of nitrogens with one attached hydrogen (secondary N) is 1. The Kier molecular flexibility index (Phi) is 4.00. The van der Waals surface area contributed by atoms with Crippen LogP contribution in [0.4, 0.5) is 5.69 Å². The minimum atomic E-state index is -1.13. The molecule has 5 heteroatoms. The van der Waals surface area contributed by atoms with Crippen LogP contribution in [-0.4, -0.2) is 17.0 Å². The van der Waals surface area contributed by atoms with Crippen molar-refractivity contribution in [3.8, 4) is 11.5 Å². The molecular weight excluding hydrogens is 258 g/mol. The van der Waals surface area contributed by atoms with Crippen molar-refractivity contribution in [3.63, 3.8) is 0 Å². The smallest absolute Gasteiger partial charge is 0.337 e. The summed E-state index contributed by atoms with van der Waals surface area (Å²) in [5.41, 5.74) is 0.221. The summed E-state index contributed by atoms with van der Waals surface area (Å²) < 4.78 is 5.55. The molecule has 0 aliphatic rings. The molecule has 0 aromatic heterocycles. The highest BCUT2D eigenvalue weighted by atomic mass is 16.5. The number of rotatable bonds is 4. The first kappa shape index (κ1) is 13.6. The van der Waals surface area contributed by atoms with Gasteiger partial charge < -0.3 is 15.2 Å². The van der Waals surface area contributed by atoms with Crippen molar-refractivity contribution in [2.45, 2.75) is 6.92 Å². The average molecular weight is 271 g/mol. The number of amides is 1. The summed E-state index contributed by atoms with van der Waals surface area (Å²) in [4.78, 5) is 22.2. The molecule has 2 aromatic carbocycles. The number of carbonyl (C=O) groups excluding carboxylic acids is 1. The number of carboxylic acids is 1. The van der Waals surface area contributed by atoms with Crippen molar-refractivity contribution >= 4 is 17.6 Å². The summed E-state index contributed by atoms with van der Waals surface area (Å²) in [6, 6.07) is 13.5. The molecule has 20 heavy (non-hydrogen) atoms. The fraction of sp³-hybridized carbons (Fsp3) is 0.0667. The van der Waals surface area contributed by atoms with E-state index in [1.54, 1.807) is 18.2 Å². The van der Waals surface area contributed by atoms with Gasteiger partial charge in [0.25, 0.3) is 0 Å². The Balaban J connectivity index is 2.30. The fourth-order valence-electron chi connectivity index (χ4n) is 1.69. The quantitative estimate of drug-likeness (QED) is 0.895. The number of hydrogen-bond acceptors (Lipinski definition) is 3. The van der Waals surface area contributed by atoms with Crippen molar-refractivity contribution < 1.29 is 19.4 Å². The van der Waals surface area contributed by atoms with Gasteiger partial charge in [-0.15, -0.1) is 0 Å². The SMILES string of the molecule is CC(=O)Nc1ccc(Oc2ccccc2)cc1C(=O)O. The van der Waals surface area contributed by atoms with E-state index >= 15 is 0 Å². The third kappa shape index (κ3) is 3.35. The van der Waals surface area contributed by atoms with Crippen molar-refractivity contribution in [2.75, 3.05) is 5.32 Å². The molecule has 0 radical (unpaired) electrons. The topological polar surface area (TPSA) is 75.6 Å². The van der Waals surface area contributed by atoms with Gasteiger partial charge in [-0.25, -0.2) is 4.79 Å². The molecule has 0 atom stereocenters. The van der Waals surface area contributed by atoms with Crippen LogP contribution in [-0.2, 0) is 4.79 Å². The predicted octanol–water partition coefficient (Wildman–Crippen LogP) is 3.14. The summed E-state index contributed by atoms with van der Waals surface area (Å²) in [6.45, 7) is 1.32. The molecule has 2 aromatic rings. The van der Waals surface area contributed by atoms with Gasteiger partial charge in [-0.1, -0.05) is 18.2 Å². The summed E-state index contributed by atoms with van der Waals surface area (Å²) in [6.07, 6.45) is 0. The van der Waals surface area contributed by atoms with Gasteiger partial charge in [0.05, 0.1) is 11.3 Å². The number of aromatic carboxylic acids is 1. The van der Waals surface area contributed by atoms with Gasteiger partial charge in [0, 0.05) is 6.92 Å². The largest absolute Gasteiger partial charge is 0.478 e. The lowest BCUT2D eigenvalue weighted by atomic mass is 10.1. The molecule has 5 nitrogen and oxygen atoms in total. The summed E-state index contributed by atoms with van der Waals surface area (Å²) >= 11 is 0. The van der Waals surface area contributed by atoms with E-state index in [2.05, 4.69) is 5.32 Å². The normalized spacial score (nSPS) is 9.85. The number of anilines is 1. The van der Waals surface area contributed by atoms with Gasteiger partial charge in [-0.2, -0.15) is 0 Å². The maximum Gasteiger partial charge on any atom is 0.337 e. The minimum Gasteiger partial charge on any atom is -0.478 e. The first-order chi connectivity index (χ1) is 9.56. The molecule has 0 aliphatic heterocycles. The zero-order valence-corrected chi connectivity index (χ0v) is 10.8. The second-order valence-electron chi connectivity index (χ2n) is 4.11. The van der Waals surface area contributed by atoms with Crippen molar-refractivity contribution in [1.29, 1.82) is 0 Å². The van der Waals surface area contributed by atoms with Gasteiger partial charge in [-0.3, -0.25) is 4.79 Å². The highest BCUT2D eigenvalue weighted by Gasteiger charge is 2.13. The number of ether oxygens (including phenoxy) is 1. The summed E-state index contributed by atoms with van der Waals surface area (Å²) in [5, 5.41) is 11.6. The first-order valence-electron chi connectivity index (χ1n) is 5.94. The van der Waals surface area contributed by atoms with Gasteiger partial charge in [0.15, 0.2) is 0 Å². The molecule has 2 N–H and O–H groups in total. The molecule has 0 aliphatic carbocycles. The van der Waals surface area contributed by atoms with Crippen LogP contribution >= 0.6 is 0 Å². The standard InChI is InChI=1S/C15H13NO4/c1-10(17)16-14-8-7-12(9-13(14)15(18)19)20-11-5-3-2-4-6-11/h2-9H,1H3,(H,16,17)(H,18,19). The van der Waals surface area contributed by atoms with Crippen LogP contribution in [0.5, 0.6) is 11.5 Å². The lowest BCUT2D eigenvalue weighted by Gasteiger charge is -2.10. The van der Waals surface area contributed by atoms with Crippen LogP contribution in [0.25, 0.3) is 0 Å². The van der Waals surface area contributed by atoms with E-state index in [9.17, 15) is 9.59 Å². The number of benzene rings is 2. The Morgan fingerprint density at radius 3 is 2.35 bits per heavy atom. The third-order valence-corrected chi connectivity index (χ3v) is 2.51. The zero-order valence-electron chi connectivity index (χ0n) is 10.8. The Morgan fingerprint density at radius 2 is 1.75 bits per heavy atom. The lowest BCUT2D eigenvalue weighted by Crippen LogP contribution is -2.10. The summed E-state index contributed by atoms with van der Waals surface area (Å²) in [7, 11) is 0. The second kappa shape index (κ2) is 5.88. The van der Waals surface area contributed by atoms with Gasteiger partial charge in [-0.05, 0) is 30.3 Å². The molecule has 1 amide bonds. The molecule has 0 bridgehead atoms. The monoisotopic (exact) mass is 271 g/mol. The number of hydrogen-bond donors (Lipinski definition) is 2. The third-order valence-electron chi connectivity index (χ3n) is 2.51. The number of carbonyl (C=O) groups is 2. The van der Waals surface area contributed by atoms with Gasteiger partial charge in [0.2, 0.25) is 5.91 Å². The fourth-order valence-corrected chi connectivity index (χ4v) is 1.69. The lowest BCUT2D eigenvalue weighted by molar-refractivity contribution is -0.114. The molecule has 0 saturated heterocycles. The molecule has 0 saturated carbocycles. The Bertz CT molecular complexity index is 638. The Morgan fingerprint density at radius 1 is 1.05 bits per heavy atom. The van der Waals surface area contributed by atoms with Gasteiger partial charge >= 0.3 is 5.97 Å². The average Bonchev–Trinajstić information content (AvgIpc) is 2.41. The van der Waals surface area contributed by atoms with Gasteiger partial charge in [0.1, 0.15) is 11.5 Å². The van der Waals surface area contributed by atoms with Crippen molar-refractivity contribution in [2.24, 2.45) is 0 Å². The van der Waals surface area contributed by atoms with Crippen LogP contribution in [0.15, 0.2) is 48.5 Å². The van der Waals surface area contributed by atoms with Crippen LogP contribution < -0.4 is 10.1 Å². The highest BCUT2D eigenvalue weighted by Crippen LogP contribution is 2.26. The maximum absolute atomic E-state index is 11.2. The Labute approximate surface area is 115 Å². The minimum absolute atomic E-state index is 0.0198. The van der Waals surface area contributed by atoms with E-state index in [4.69, 9.17) is 9.84 Å². The predicted molar refractivity (Wildman–Crippen MR) is 74.2 cm³/mol. The van der Waals surface area contributed by atoms with E-state index in [1.807, 2.05) is 18.2 Å². The highest BCUT2D eigenvalue weighted by molar-refractivity contribution is 6.00. The number of para-hydroxylation sites is 1. The van der Waals surface area contributed by atoms with Crippen LogP contribution in [0.3, 0.4) is 0 Å². The van der Waals surface area contributed by atoms with Crippen molar-refractivity contribution in [3.05, 3.63) is 54.1 Å². The van der Waals surface area contributed by atoms with E-state index in [0.717, 1.165) is 0 Å². The molecule has 0 spiro atoms. The summed E-state index contributed by atoms with van der Waals surface area (Å²) in [5.74, 6) is -0.463. The molecule has 2 rings (SSSR count). The van der Waals surface area contributed by atoms with E-state index < -0.39 is 5.97 Å². The maximum atomic E-state index is 11.2. The van der Waals surface area contributed by atoms with E-state index in [-0.39, 0.29) is 17.2 Å². The number of carboxylic acid groups (broad SMARTS) is 1. The molecule has 0 fully saturated rings. The molecule has 0 heterocycles. The van der Waals surface area contributed by atoms with E-state index in [1.165, 1.54) is 19.1 Å². The van der Waals surface area contributed by atoms with Crippen LogP contribution in [0, 0.1) is 0 Å². The van der Waals surface area contributed by atoms with Crippen LogP contribution in [0.2, 0.25) is 0 Å². The molecular formula is C15H13NO4. The second-order valence-corrected chi connectivity index (χ2v) is 4.11. The Hall–Kier alpha value is -2.82. The molecule has 0 unspecified atom stereocenters. The van der Waals surface area contributed by atoms with E-state index in [0.29, 0.717) is 11.5 Å². The van der Waals surface area contributed by atoms with Crippen LogP contribution in [0.1, 0.15) is 17.3 Å². The first-order valence-corrected chi connectivity index (χ1v) is 5.94.